The smallest absolute Gasteiger partial charge is 0.226 e. The maximum Gasteiger partial charge on any atom is 0.226 e. The van der Waals surface area contributed by atoms with Crippen molar-refractivity contribution in [2.24, 2.45) is 0 Å². The van der Waals surface area contributed by atoms with Crippen molar-refractivity contribution in [1.82, 2.24) is 15.3 Å². The summed E-state index contributed by atoms with van der Waals surface area (Å²) in [5, 5.41) is 6.79. The van der Waals surface area contributed by atoms with Crippen molar-refractivity contribution in [2.75, 3.05) is 25.0 Å². The van der Waals surface area contributed by atoms with E-state index >= 15 is 0 Å². The average Bonchev–Trinajstić information content (AvgIpc) is 2.37. The fraction of sp³-hybridized carbons (Fsp3) is 0.692. The van der Waals surface area contributed by atoms with Gasteiger partial charge in [-0.25, -0.2) is 4.98 Å². The lowest BCUT2D eigenvalue weighted by Crippen LogP contribution is -2.45. The van der Waals surface area contributed by atoms with Crippen LogP contribution in [-0.2, 0) is 0 Å². The van der Waals surface area contributed by atoms with Crippen LogP contribution in [0.3, 0.4) is 0 Å². The molecule has 2 rings (SSSR count). The molecule has 5 nitrogen and oxygen atoms in total. The largest absolute Gasteiger partial charge is 0.478 e. The number of ether oxygens (including phenoxy) is 1. The van der Waals surface area contributed by atoms with Gasteiger partial charge in [0.05, 0.1) is 6.61 Å². The number of nitrogens with one attached hydrogen (secondary N) is 2. The van der Waals surface area contributed by atoms with E-state index in [9.17, 15) is 0 Å². The summed E-state index contributed by atoms with van der Waals surface area (Å²) >= 11 is 0. The Morgan fingerprint density at radius 3 is 2.94 bits per heavy atom. The Kier molecular flexibility index (Phi) is 4.36. The highest BCUT2D eigenvalue weighted by Gasteiger charge is 2.27. The van der Waals surface area contributed by atoms with E-state index in [1.165, 1.54) is 0 Å². The van der Waals surface area contributed by atoms with Crippen LogP contribution >= 0.6 is 0 Å². The van der Waals surface area contributed by atoms with E-state index in [1.807, 2.05) is 0 Å². The molecule has 1 aliphatic heterocycles. The molecule has 100 valence electrons. The number of hydrogen-bond acceptors (Lipinski definition) is 5. The van der Waals surface area contributed by atoms with Crippen LogP contribution in [-0.4, -0.2) is 35.2 Å². The molecule has 2 N–H and O–H groups in total. The second-order valence-corrected chi connectivity index (χ2v) is 5.00. The molecule has 1 saturated heterocycles. The molecule has 2 heterocycles. The third kappa shape index (κ3) is 3.57. The monoisotopic (exact) mass is 250 g/mol. The zero-order valence-corrected chi connectivity index (χ0v) is 11.2. The molecule has 1 aliphatic rings. The Hall–Kier alpha value is -1.36. The lowest BCUT2D eigenvalue weighted by Gasteiger charge is -2.34. The zero-order valence-electron chi connectivity index (χ0n) is 11.2. The third-order valence-electron chi connectivity index (χ3n) is 3.20. The Balaban J connectivity index is 1.99. The molecular weight excluding hydrogens is 228 g/mol. The van der Waals surface area contributed by atoms with Gasteiger partial charge >= 0.3 is 0 Å². The molecule has 5 heteroatoms. The van der Waals surface area contributed by atoms with E-state index in [0.29, 0.717) is 18.4 Å². The number of rotatable bonds is 5. The number of nitrogens with zero attached hydrogens (tertiary/aromatic N) is 2. The predicted molar refractivity (Wildman–Crippen MR) is 71.9 cm³/mol. The normalized spacial score (nSPS) is 18.3. The maximum absolute atomic E-state index is 5.51. The summed E-state index contributed by atoms with van der Waals surface area (Å²) in [6, 6.07) is 1.80. The van der Waals surface area contributed by atoms with Gasteiger partial charge in [-0.3, -0.25) is 0 Å². The Labute approximate surface area is 108 Å². The minimum atomic E-state index is 0.0780. The van der Waals surface area contributed by atoms with E-state index in [2.05, 4.69) is 34.4 Å². The molecule has 0 spiro atoms. The van der Waals surface area contributed by atoms with Crippen molar-refractivity contribution in [3.63, 3.8) is 0 Å². The van der Waals surface area contributed by atoms with Crippen LogP contribution in [0.4, 0.5) is 5.95 Å². The Bertz CT molecular complexity index is 377. The molecule has 0 atom stereocenters. The van der Waals surface area contributed by atoms with Crippen molar-refractivity contribution < 1.29 is 4.74 Å². The van der Waals surface area contributed by atoms with Crippen molar-refractivity contribution in [1.29, 1.82) is 0 Å². The number of hydrogen-bond donors (Lipinski definition) is 2. The van der Waals surface area contributed by atoms with Crippen molar-refractivity contribution in [3.05, 3.63) is 12.3 Å². The molecule has 18 heavy (non-hydrogen) atoms. The van der Waals surface area contributed by atoms with Crippen LogP contribution in [0.15, 0.2) is 12.3 Å². The molecule has 0 unspecified atom stereocenters. The molecule has 0 bridgehead atoms. The SMILES string of the molecule is CCCOc1ccnc(NC2(C)CCNCC2)n1. The summed E-state index contributed by atoms with van der Waals surface area (Å²) in [4.78, 5) is 8.65. The van der Waals surface area contributed by atoms with Crippen LogP contribution < -0.4 is 15.4 Å². The Morgan fingerprint density at radius 2 is 2.22 bits per heavy atom. The van der Waals surface area contributed by atoms with Gasteiger partial charge in [0.2, 0.25) is 11.8 Å². The second kappa shape index (κ2) is 6.00. The fourth-order valence-electron chi connectivity index (χ4n) is 2.06. The third-order valence-corrected chi connectivity index (χ3v) is 3.20. The van der Waals surface area contributed by atoms with Crippen LogP contribution in [0.5, 0.6) is 5.88 Å². The van der Waals surface area contributed by atoms with Crippen molar-refractivity contribution in [2.45, 2.75) is 38.6 Å². The quantitative estimate of drug-likeness (QED) is 0.834. The standard InChI is InChI=1S/C13H22N4O/c1-3-10-18-11-4-7-15-12(16-11)17-13(2)5-8-14-9-6-13/h4,7,14H,3,5-6,8-10H2,1-2H3,(H,15,16,17). The fourth-order valence-corrected chi connectivity index (χ4v) is 2.06. The van der Waals surface area contributed by atoms with Gasteiger partial charge in [-0.05, 0) is 39.3 Å². The lowest BCUT2D eigenvalue weighted by molar-refractivity contribution is 0.304. The first kappa shape index (κ1) is 13.1. The van der Waals surface area contributed by atoms with E-state index in [1.54, 1.807) is 12.3 Å². The molecular formula is C13H22N4O. The van der Waals surface area contributed by atoms with Gasteiger partial charge in [0.1, 0.15) is 0 Å². The topological polar surface area (TPSA) is 59.1 Å². The zero-order chi connectivity index (χ0) is 12.8. The van der Waals surface area contributed by atoms with Gasteiger partial charge in [0.25, 0.3) is 0 Å². The summed E-state index contributed by atoms with van der Waals surface area (Å²) in [6.45, 7) is 7.07. The lowest BCUT2D eigenvalue weighted by atomic mass is 9.91. The van der Waals surface area contributed by atoms with Gasteiger partial charge in [0, 0.05) is 17.8 Å². The van der Waals surface area contributed by atoms with Gasteiger partial charge in [-0.2, -0.15) is 4.98 Å². The molecule has 0 aliphatic carbocycles. The molecule has 0 saturated carbocycles. The Morgan fingerprint density at radius 1 is 1.44 bits per heavy atom. The van der Waals surface area contributed by atoms with E-state index in [-0.39, 0.29) is 5.54 Å². The maximum atomic E-state index is 5.51. The van der Waals surface area contributed by atoms with Crippen LogP contribution in [0, 0.1) is 0 Å². The summed E-state index contributed by atoms with van der Waals surface area (Å²) in [7, 11) is 0. The molecule has 0 radical (unpaired) electrons. The second-order valence-electron chi connectivity index (χ2n) is 5.00. The summed E-state index contributed by atoms with van der Waals surface area (Å²) in [5.41, 5.74) is 0.0780. The minimum absolute atomic E-state index is 0.0780. The molecule has 1 fully saturated rings. The predicted octanol–water partition coefficient (Wildman–Crippen LogP) is 1.82. The molecule has 0 amide bonds. The molecule has 0 aromatic carbocycles. The van der Waals surface area contributed by atoms with Crippen LogP contribution in [0.2, 0.25) is 0 Å². The van der Waals surface area contributed by atoms with Gasteiger partial charge in [0.15, 0.2) is 0 Å². The highest BCUT2D eigenvalue weighted by Crippen LogP contribution is 2.22. The van der Waals surface area contributed by atoms with Crippen molar-refractivity contribution >= 4 is 5.95 Å². The average molecular weight is 250 g/mol. The highest BCUT2D eigenvalue weighted by molar-refractivity contribution is 5.31. The van der Waals surface area contributed by atoms with E-state index < -0.39 is 0 Å². The van der Waals surface area contributed by atoms with Crippen molar-refractivity contribution in [3.8, 4) is 5.88 Å². The van der Waals surface area contributed by atoms with Gasteiger partial charge < -0.3 is 15.4 Å². The number of anilines is 1. The molecule has 1 aromatic heterocycles. The molecule has 1 aromatic rings. The summed E-state index contributed by atoms with van der Waals surface area (Å²) in [5.74, 6) is 1.31. The summed E-state index contributed by atoms with van der Waals surface area (Å²) < 4.78 is 5.51. The van der Waals surface area contributed by atoms with E-state index in [4.69, 9.17) is 4.74 Å². The number of aromatic nitrogens is 2. The van der Waals surface area contributed by atoms with Crippen LogP contribution in [0.1, 0.15) is 33.1 Å². The first-order chi connectivity index (χ1) is 8.72. The first-order valence-electron chi connectivity index (χ1n) is 6.67. The van der Waals surface area contributed by atoms with Crippen LogP contribution in [0.25, 0.3) is 0 Å². The van der Waals surface area contributed by atoms with Gasteiger partial charge in [-0.1, -0.05) is 6.92 Å². The van der Waals surface area contributed by atoms with E-state index in [0.717, 1.165) is 32.4 Å². The minimum Gasteiger partial charge on any atom is -0.478 e. The van der Waals surface area contributed by atoms with Gasteiger partial charge in [-0.15, -0.1) is 0 Å². The highest BCUT2D eigenvalue weighted by atomic mass is 16.5. The summed E-state index contributed by atoms with van der Waals surface area (Å²) in [6.07, 6.45) is 4.88. The number of piperidine rings is 1. The first-order valence-corrected chi connectivity index (χ1v) is 6.67.